The molecule has 1 amide bonds. The standard InChI is InChI=1S/C24H24Cl2N2O2/c1-3-30-22-12-8-7-11-21(22)27-24(29)23(18-9-5-4-6-10-18)28(2)16-17-13-14-19(25)20(26)15-17/h4-15,23H,3,16H2,1-2H3,(H,27,29). The lowest BCUT2D eigenvalue weighted by molar-refractivity contribution is -0.121. The number of ether oxygens (including phenoxy) is 1. The van der Waals surface area contributed by atoms with E-state index in [1.165, 1.54) is 0 Å². The number of nitrogens with one attached hydrogen (secondary N) is 1. The molecule has 6 heteroatoms. The average molecular weight is 443 g/mol. The van der Waals surface area contributed by atoms with Gasteiger partial charge in [-0.25, -0.2) is 0 Å². The fraction of sp³-hybridized carbons (Fsp3) is 0.208. The first-order valence-corrected chi connectivity index (χ1v) is 10.5. The molecule has 0 saturated carbocycles. The fourth-order valence-corrected chi connectivity index (χ4v) is 3.63. The number of halogens is 2. The molecule has 0 saturated heterocycles. The van der Waals surface area contributed by atoms with Crippen LogP contribution in [-0.4, -0.2) is 24.5 Å². The van der Waals surface area contributed by atoms with Gasteiger partial charge in [0.25, 0.3) is 0 Å². The molecule has 4 nitrogen and oxygen atoms in total. The Morgan fingerprint density at radius 1 is 1.00 bits per heavy atom. The summed E-state index contributed by atoms with van der Waals surface area (Å²) in [6.45, 7) is 2.96. The highest BCUT2D eigenvalue weighted by atomic mass is 35.5. The Morgan fingerprint density at radius 2 is 1.70 bits per heavy atom. The third kappa shape index (κ3) is 5.54. The molecule has 1 atom stereocenters. The largest absolute Gasteiger partial charge is 0.492 e. The summed E-state index contributed by atoms with van der Waals surface area (Å²) in [4.78, 5) is 15.3. The number of benzene rings is 3. The van der Waals surface area contributed by atoms with Crippen molar-refractivity contribution in [2.75, 3.05) is 19.0 Å². The maximum Gasteiger partial charge on any atom is 0.246 e. The number of likely N-dealkylation sites (N-methyl/N-ethyl adjacent to an activating group) is 1. The third-order valence-corrected chi connectivity index (χ3v) is 5.40. The average Bonchev–Trinajstić information content (AvgIpc) is 2.73. The van der Waals surface area contributed by atoms with Crippen molar-refractivity contribution in [3.8, 4) is 5.75 Å². The molecule has 3 aromatic carbocycles. The van der Waals surface area contributed by atoms with E-state index in [1.54, 1.807) is 6.07 Å². The first-order valence-electron chi connectivity index (χ1n) is 9.71. The van der Waals surface area contributed by atoms with Gasteiger partial charge in [0.1, 0.15) is 11.8 Å². The zero-order valence-electron chi connectivity index (χ0n) is 16.9. The number of para-hydroxylation sites is 2. The van der Waals surface area contributed by atoms with Crippen LogP contribution in [0, 0.1) is 0 Å². The molecule has 0 heterocycles. The van der Waals surface area contributed by atoms with E-state index in [2.05, 4.69) is 5.32 Å². The van der Waals surface area contributed by atoms with E-state index in [0.29, 0.717) is 34.6 Å². The Morgan fingerprint density at radius 3 is 2.40 bits per heavy atom. The Bertz CT molecular complexity index is 996. The highest BCUT2D eigenvalue weighted by molar-refractivity contribution is 6.42. The molecular formula is C24H24Cl2N2O2. The zero-order chi connectivity index (χ0) is 21.5. The summed E-state index contributed by atoms with van der Waals surface area (Å²) in [5, 5.41) is 4.03. The number of anilines is 1. The summed E-state index contributed by atoms with van der Waals surface area (Å²) in [5.74, 6) is 0.503. The third-order valence-electron chi connectivity index (χ3n) is 4.67. The van der Waals surface area contributed by atoms with Gasteiger partial charge in [-0.2, -0.15) is 0 Å². The molecule has 0 fully saturated rings. The number of amides is 1. The lowest BCUT2D eigenvalue weighted by Gasteiger charge is -2.28. The maximum atomic E-state index is 13.4. The summed E-state index contributed by atoms with van der Waals surface area (Å²) in [6.07, 6.45) is 0. The van der Waals surface area contributed by atoms with Crippen LogP contribution in [0.15, 0.2) is 72.8 Å². The minimum Gasteiger partial charge on any atom is -0.492 e. The van der Waals surface area contributed by atoms with Crippen molar-refractivity contribution in [2.24, 2.45) is 0 Å². The van der Waals surface area contributed by atoms with Crippen molar-refractivity contribution in [2.45, 2.75) is 19.5 Å². The van der Waals surface area contributed by atoms with E-state index >= 15 is 0 Å². The number of nitrogens with zero attached hydrogens (tertiary/aromatic N) is 1. The van der Waals surface area contributed by atoms with E-state index in [0.717, 1.165) is 11.1 Å². The molecule has 3 rings (SSSR count). The minimum absolute atomic E-state index is 0.143. The second-order valence-corrected chi connectivity index (χ2v) is 7.71. The van der Waals surface area contributed by atoms with Crippen LogP contribution in [0.25, 0.3) is 0 Å². The van der Waals surface area contributed by atoms with Gasteiger partial charge >= 0.3 is 0 Å². The SMILES string of the molecule is CCOc1ccccc1NC(=O)C(c1ccccc1)N(C)Cc1ccc(Cl)c(Cl)c1. The Labute approximate surface area is 187 Å². The van der Waals surface area contributed by atoms with Crippen molar-refractivity contribution in [3.05, 3.63) is 94.0 Å². The maximum absolute atomic E-state index is 13.4. The van der Waals surface area contributed by atoms with E-state index < -0.39 is 6.04 Å². The lowest BCUT2D eigenvalue weighted by atomic mass is 10.0. The van der Waals surface area contributed by atoms with Crippen LogP contribution in [0.1, 0.15) is 24.1 Å². The normalized spacial score (nSPS) is 11.9. The van der Waals surface area contributed by atoms with Crippen molar-refractivity contribution in [3.63, 3.8) is 0 Å². The number of hydrogen-bond acceptors (Lipinski definition) is 3. The van der Waals surface area contributed by atoms with Gasteiger partial charge in [-0.15, -0.1) is 0 Å². The van der Waals surface area contributed by atoms with Crippen molar-refractivity contribution in [1.82, 2.24) is 4.90 Å². The van der Waals surface area contributed by atoms with Crippen LogP contribution in [0.2, 0.25) is 10.0 Å². The smallest absolute Gasteiger partial charge is 0.246 e. The molecule has 1 N–H and O–H groups in total. The Balaban J connectivity index is 1.87. The number of rotatable bonds is 8. The predicted octanol–water partition coefficient (Wildman–Crippen LogP) is 6.20. The van der Waals surface area contributed by atoms with E-state index in [-0.39, 0.29) is 5.91 Å². The quantitative estimate of drug-likeness (QED) is 0.451. The van der Waals surface area contributed by atoms with Crippen LogP contribution in [0.4, 0.5) is 5.69 Å². The lowest BCUT2D eigenvalue weighted by Crippen LogP contribution is -2.34. The molecule has 1 unspecified atom stereocenters. The molecule has 0 aliphatic carbocycles. The van der Waals surface area contributed by atoms with Gasteiger partial charge in [-0.1, -0.05) is 71.7 Å². The summed E-state index contributed by atoms with van der Waals surface area (Å²) in [7, 11) is 1.91. The van der Waals surface area contributed by atoms with Crippen LogP contribution in [-0.2, 0) is 11.3 Å². The van der Waals surface area contributed by atoms with E-state index in [1.807, 2.05) is 85.6 Å². The second kappa shape index (κ2) is 10.5. The second-order valence-electron chi connectivity index (χ2n) is 6.90. The Hall–Kier alpha value is -2.53. The summed E-state index contributed by atoms with van der Waals surface area (Å²) < 4.78 is 5.65. The zero-order valence-corrected chi connectivity index (χ0v) is 18.5. The summed E-state index contributed by atoms with van der Waals surface area (Å²) >= 11 is 12.2. The van der Waals surface area contributed by atoms with Crippen LogP contribution in [0.5, 0.6) is 5.75 Å². The van der Waals surface area contributed by atoms with Gasteiger partial charge in [0.15, 0.2) is 0 Å². The van der Waals surface area contributed by atoms with Gasteiger partial charge in [-0.05, 0) is 49.4 Å². The monoisotopic (exact) mass is 442 g/mol. The van der Waals surface area contributed by atoms with Crippen molar-refractivity contribution >= 4 is 34.8 Å². The van der Waals surface area contributed by atoms with Crippen molar-refractivity contribution in [1.29, 1.82) is 0 Å². The molecule has 0 radical (unpaired) electrons. The molecule has 0 aromatic heterocycles. The van der Waals surface area contributed by atoms with Crippen LogP contribution in [0.3, 0.4) is 0 Å². The fourth-order valence-electron chi connectivity index (χ4n) is 3.31. The first-order chi connectivity index (χ1) is 14.5. The van der Waals surface area contributed by atoms with Gasteiger partial charge in [0.05, 0.1) is 22.3 Å². The topological polar surface area (TPSA) is 41.6 Å². The molecule has 0 spiro atoms. The van der Waals surface area contributed by atoms with Crippen LogP contribution < -0.4 is 10.1 Å². The highest BCUT2D eigenvalue weighted by Gasteiger charge is 2.26. The molecular weight excluding hydrogens is 419 g/mol. The summed E-state index contributed by atoms with van der Waals surface area (Å²) in [6, 6.07) is 22.1. The van der Waals surface area contributed by atoms with Gasteiger partial charge in [0, 0.05) is 6.54 Å². The molecule has 0 aliphatic heterocycles. The predicted molar refractivity (Wildman–Crippen MR) is 123 cm³/mol. The molecule has 0 aliphatic rings. The molecule has 30 heavy (non-hydrogen) atoms. The number of carbonyl (C=O) groups excluding carboxylic acids is 1. The molecule has 0 bridgehead atoms. The van der Waals surface area contributed by atoms with Gasteiger partial charge in [-0.3, -0.25) is 9.69 Å². The minimum atomic E-state index is -0.504. The van der Waals surface area contributed by atoms with Crippen LogP contribution >= 0.6 is 23.2 Å². The first kappa shape index (κ1) is 22.2. The van der Waals surface area contributed by atoms with Crippen molar-refractivity contribution < 1.29 is 9.53 Å². The molecule has 3 aromatic rings. The van der Waals surface area contributed by atoms with E-state index in [4.69, 9.17) is 27.9 Å². The Kier molecular flexibility index (Phi) is 7.75. The summed E-state index contributed by atoms with van der Waals surface area (Å²) in [5.41, 5.74) is 2.51. The highest BCUT2D eigenvalue weighted by Crippen LogP contribution is 2.29. The van der Waals surface area contributed by atoms with Gasteiger partial charge in [0.2, 0.25) is 5.91 Å². The number of carbonyl (C=O) groups is 1. The molecule has 156 valence electrons. The van der Waals surface area contributed by atoms with E-state index in [9.17, 15) is 4.79 Å². The number of hydrogen-bond donors (Lipinski definition) is 1. The van der Waals surface area contributed by atoms with Gasteiger partial charge < -0.3 is 10.1 Å².